The van der Waals surface area contributed by atoms with Crippen LogP contribution in [0.25, 0.3) is 0 Å². The van der Waals surface area contributed by atoms with Crippen molar-refractivity contribution in [1.82, 2.24) is 10.2 Å². The van der Waals surface area contributed by atoms with Gasteiger partial charge in [-0.05, 0) is 37.5 Å². The van der Waals surface area contributed by atoms with Crippen LogP contribution in [-0.2, 0) is 26.2 Å². The zero-order valence-electron chi connectivity index (χ0n) is 21.1. The Bertz CT molecular complexity index is 1140. The monoisotopic (exact) mass is 517 g/mol. The second-order valence-electron chi connectivity index (χ2n) is 8.80. The van der Waals surface area contributed by atoms with Gasteiger partial charge in [0.25, 0.3) is 0 Å². The molecule has 196 valence electrons. The number of anilines is 1. The molecule has 9 nitrogen and oxygen atoms in total. The summed E-state index contributed by atoms with van der Waals surface area (Å²) >= 11 is 0. The number of amides is 2. The molecule has 0 saturated carbocycles. The molecule has 3 rings (SSSR count). The average molecular weight is 518 g/mol. The largest absolute Gasteiger partial charge is 0.454 e. The van der Waals surface area contributed by atoms with Crippen LogP contribution < -0.4 is 19.1 Å². The highest BCUT2D eigenvalue weighted by Crippen LogP contribution is 2.36. The van der Waals surface area contributed by atoms with E-state index in [0.29, 0.717) is 30.3 Å². The quantitative estimate of drug-likeness (QED) is 0.409. The molecule has 1 atom stereocenters. The molecule has 10 heteroatoms. The van der Waals surface area contributed by atoms with E-state index in [9.17, 15) is 18.0 Å². The maximum Gasteiger partial charge on any atom is 0.242 e. The molecule has 2 aromatic carbocycles. The first-order valence-corrected chi connectivity index (χ1v) is 14.0. The first-order valence-electron chi connectivity index (χ1n) is 12.2. The lowest BCUT2D eigenvalue weighted by Crippen LogP contribution is -2.47. The van der Waals surface area contributed by atoms with E-state index in [4.69, 9.17) is 9.47 Å². The molecule has 0 radical (unpaired) electrons. The molecule has 0 spiro atoms. The van der Waals surface area contributed by atoms with E-state index in [1.807, 2.05) is 37.3 Å². The molecule has 0 aromatic heterocycles. The molecule has 1 unspecified atom stereocenters. The smallest absolute Gasteiger partial charge is 0.242 e. The lowest BCUT2D eigenvalue weighted by Gasteiger charge is -2.29. The third-order valence-corrected chi connectivity index (χ3v) is 7.18. The zero-order valence-corrected chi connectivity index (χ0v) is 21.9. The summed E-state index contributed by atoms with van der Waals surface area (Å²) in [6, 6.07) is 13.8. The van der Waals surface area contributed by atoms with Crippen LogP contribution in [0.2, 0.25) is 0 Å². The van der Waals surface area contributed by atoms with Crippen molar-refractivity contribution in [2.45, 2.75) is 52.1 Å². The number of sulfonamides is 1. The molecule has 0 aliphatic carbocycles. The lowest BCUT2D eigenvalue weighted by atomic mass is 10.1. The van der Waals surface area contributed by atoms with Crippen LogP contribution in [-0.4, -0.2) is 57.3 Å². The summed E-state index contributed by atoms with van der Waals surface area (Å²) < 4.78 is 37.0. The average Bonchev–Trinajstić information content (AvgIpc) is 3.32. The molecule has 2 amide bonds. The van der Waals surface area contributed by atoms with Crippen molar-refractivity contribution in [3.05, 3.63) is 54.1 Å². The highest BCUT2D eigenvalue weighted by molar-refractivity contribution is 7.92. The zero-order chi connectivity index (χ0) is 26.1. The summed E-state index contributed by atoms with van der Waals surface area (Å²) in [5.74, 6) is 0.626. The highest BCUT2D eigenvalue weighted by Gasteiger charge is 2.27. The van der Waals surface area contributed by atoms with Gasteiger partial charge in [-0.1, -0.05) is 43.7 Å². The maximum atomic E-state index is 13.3. The summed E-state index contributed by atoms with van der Waals surface area (Å²) in [4.78, 5) is 27.6. The Balaban J connectivity index is 1.69. The summed E-state index contributed by atoms with van der Waals surface area (Å²) in [6.07, 6.45) is 3.34. The van der Waals surface area contributed by atoms with Crippen LogP contribution in [0.4, 0.5) is 5.69 Å². The van der Waals surface area contributed by atoms with Gasteiger partial charge in [-0.3, -0.25) is 13.9 Å². The second-order valence-corrected chi connectivity index (χ2v) is 10.7. The predicted molar refractivity (Wildman–Crippen MR) is 138 cm³/mol. The SMILES string of the molecule is CCCCNC(=O)C(C)N(Cc1ccccc1)C(=O)CCCN(c1ccc2c(c1)OCO2)S(C)(=O)=O. The van der Waals surface area contributed by atoms with Gasteiger partial charge in [0.05, 0.1) is 11.9 Å². The minimum Gasteiger partial charge on any atom is -0.454 e. The number of rotatable bonds is 13. The fourth-order valence-corrected chi connectivity index (χ4v) is 4.90. The van der Waals surface area contributed by atoms with Crippen molar-refractivity contribution in [2.24, 2.45) is 0 Å². The van der Waals surface area contributed by atoms with E-state index in [1.165, 1.54) is 4.31 Å². The van der Waals surface area contributed by atoms with Crippen molar-refractivity contribution < 1.29 is 27.5 Å². The van der Waals surface area contributed by atoms with Gasteiger partial charge in [0.2, 0.25) is 28.6 Å². The third kappa shape index (κ3) is 7.36. The first-order chi connectivity index (χ1) is 17.2. The van der Waals surface area contributed by atoms with Crippen LogP contribution in [0, 0.1) is 0 Å². The van der Waals surface area contributed by atoms with Crippen LogP contribution in [0.15, 0.2) is 48.5 Å². The number of benzene rings is 2. The Kier molecular flexibility index (Phi) is 9.58. The Morgan fingerprint density at radius 2 is 1.78 bits per heavy atom. The normalized spacial score (nSPS) is 13.2. The minimum atomic E-state index is -3.60. The maximum absolute atomic E-state index is 13.3. The Labute approximate surface area is 213 Å². The van der Waals surface area contributed by atoms with Crippen LogP contribution in [0.1, 0.15) is 45.1 Å². The number of nitrogens with one attached hydrogen (secondary N) is 1. The molecule has 36 heavy (non-hydrogen) atoms. The van der Waals surface area contributed by atoms with Gasteiger partial charge in [-0.15, -0.1) is 0 Å². The van der Waals surface area contributed by atoms with Gasteiger partial charge in [-0.2, -0.15) is 0 Å². The van der Waals surface area contributed by atoms with E-state index in [-0.39, 0.29) is 38.0 Å². The van der Waals surface area contributed by atoms with Crippen LogP contribution >= 0.6 is 0 Å². The Morgan fingerprint density at radius 3 is 2.47 bits per heavy atom. The number of carbonyl (C=O) groups is 2. The fraction of sp³-hybridized carbons (Fsp3) is 0.462. The lowest BCUT2D eigenvalue weighted by molar-refractivity contribution is -0.140. The van der Waals surface area contributed by atoms with E-state index in [2.05, 4.69) is 5.32 Å². The molecule has 1 N–H and O–H groups in total. The number of hydrogen-bond acceptors (Lipinski definition) is 6. The van der Waals surface area contributed by atoms with Crippen molar-refractivity contribution in [3.8, 4) is 11.5 Å². The summed E-state index contributed by atoms with van der Waals surface area (Å²) in [7, 11) is -3.60. The van der Waals surface area contributed by atoms with Crippen molar-refractivity contribution in [2.75, 3.05) is 30.4 Å². The molecule has 1 aliphatic heterocycles. The van der Waals surface area contributed by atoms with Gasteiger partial charge in [0.15, 0.2) is 11.5 Å². The van der Waals surface area contributed by atoms with E-state index in [1.54, 1.807) is 30.0 Å². The first kappa shape index (κ1) is 27.3. The number of hydrogen-bond donors (Lipinski definition) is 1. The topological polar surface area (TPSA) is 105 Å². The fourth-order valence-electron chi connectivity index (χ4n) is 3.94. The molecular weight excluding hydrogens is 482 g/mol. The molecule has 2 aromatic rings. The highest BCUT2D eigenvalue weighted by atomic mass is 32.2. The van der Waals surface area contributed by atoms with Crippen LogP contribution in [0.5, 0.6) is 11.5 Å². The number of nitrogens with zero attached hydrogens (tertiary/aromatic N) is 2. The van der Waals surface area contributed by atoms with Crippen molar-refractivity contribution >= 4 is 27.5 Å². The molecule has 0 saturated heterocycles. The number of unbranched alkanes of at least 4 members (excludes halogenated alkanes) is 1. The second kappa shape index (κ2) is 12.6. The van der Waals surface area contributed by atoms with Gasteiger partial charge < -0.3 is 19.7 Å². The number of ether oxygens (including phenoxy) is 2. The van der Waals surface area contributed by atoms with Crippen molar-refractivity contribution in [1.29, 1.82) is 0 Å². The number of fused-ring (bicyclic) bond motifs is 1. The third-order valence-electron chi connectivity index (χ3n) is 5.99. The summed E-state index contributed by atoms with van der Waals surface area (Å²) in [5.41, 5.74) is 1.36. The molecule has 0 fully saturated rings. The summed E-state index contributed by atoms with van der Waals surface area (Å²) in [5, 5.41) is 2.90. The number of carbonyl (C=O) groups excluding carboxylic acids is 2. The summed E-state index contributed by atoms with van der Waals surface area (Å²) in [6.45, 7) is 4.82. The van der Waals surface area contributed by atoms with Crippen molar-refractivity contribution in [3.63, 3.8) is 0 Å². The molecule has 0 bridgehead atoms. The van der Waals surface area contributed by atoms with E-state index in [0.717, 1.165) is 24.7 Å². The molecular formula is C26H35N3O6S. The Morgan fingerprint density at radius 1 is 1.06 bits per heavy atom. The van der Waals surface area contributed by atoms with Gasteiger partial charge in [0, 0.05) is 32.1 Å². The van der Waals surface area contributed by atoms with Crippen LogP contribution in [0.3, 0.4) is 0 Å². The Hall–Kier alpha value is -3.27. The molecule has 1 aliphatic rings. The van der Waals surface area contributed by atoms with Gasteiger partial charge in [-0.25, -0.2) is 8.42 Å². The molecule has 1 heterocycles. The van der Waals surface area contributed by atoms with Gasteiger partial charge in [0.1, 0.15) is 6.04 Å². The van der Waals surface area contributed by atoms with E-state index < -0.39 is 16.1 Å². The van der Waals surface area contributed by atoms with Gasteiger partial charge >= 0.3 is 0 Å². The van der Waals surface area contributed by atoms with E-state index >= 15 is 0 Å². The standard InChI is InChI=1S/C26H35N3O6S/c1-4-5-15-27-26(31)20(2)28(18-21-10-7-6-8-11-21)25(30)12-9-16-29(36(3,32)33)22-13-14-23-24(17-22)35-19-34-23/h6-8,10-11,13-14,17,20H,4-5,9,12,15-16,18-19H2,1-3H3,(H,27,31). The predicted octanol–water partition coefficient (Wildman–Crippen LogP) is 3.30. The minimum absolute atomic E-state index is 0.0909.